The fourth-order valence-electron chi connectivity index (χ4n) is 2.83. The van der Waals surface area contributed by atoms with Crippen LogP contribution in [0, 0.1) is 0 Å². The van der Waals surface area contributed by atoms with Gasteiger partial charge in [0.25, 0.3) is 0 Å². The van der Waals surface area contributed by atoms with Gasteiger partial charge in [-0.05, 0) is 31.0 Å². The van der Waals surface area contributed by atoms with Crippen LogP contribution in [0.5, 0.6) is 0 Å². The Balaban J connectivity index is 1.83. The molecule has 1 atom stereocenters. The Labute approximate surface area is 143 Å². The fourth-order valence-corrected chi connectivity index (χ4v) is 2.83. The number of carbonyl (C=O) groups excluding carboxylic acids is 1. The van der Waals surface area contributed by atoms with Gasteiger partial charge in [0.05, 0.1) is 17.1 Å². The van der Waals surface area contributed by atoms with E-state index in [0.717, 1.165) is 0 Å². The van der Waals surface area contributed by atoms with Crippen molar-refractivity contribution in [2.45, 2.75) is 31.0 Å². The average molecular weight is 380 g/mol. The first kappa shape index (κ1) is 18.3. The van der Waals surface area contributed by atoms with Crippen molar-refractivity contribution >= 4 is 22.8 Å². The summed E-state index contributed by atoms with van der Waals surface area (Å²) in [6.45, 7) is -0.294. The van der Waals surface area contributed by atoms with Crippen LogP contribution in [0.15, 0.2) is 18.2 Å². The molecule has 2 N–H and O–H groups in total. The number of nitrogens with zero attached hydrogens (tertiary/aromatic N) is 2. The lowest BCUT2D eigenvalue weighted by Crippen LogP contribution is -2.39. The van der Waals surface area contributed by atoms with E-state index in [-0.39, 0.29) is 16.7 Å². The summed E-state index contributed by atoms with van der Waals surface area (Å²) >= 11 is 0. The number of amides is 2. The number of aromatic amines is 1. The third-order valence-corrected chi connectivity index (χ3v) is 4.20. The number of fused-ring (bicyclic) bond motifs is 1. The van der Waals surface area contributed by atoms with Gasteiger partial charge in [0.1, 0.15) is 6.67 Å². The van der Waals surface area contributed by atoms with Gasteiger partial charge in [-0.2, -0.15) is 22.0 Å². The van der Waals surface area contributed by atoms with Crippen molar-refractivity contribution in [3.63, 3.8) is 0 Å². The van der Waals surface area contributed by atoms with Crippen LogP contribution in [0.25, 0.3) is 11.0 Å². The van der Waals surface area contributed by atoms with E-state index < -0.39 is 36.7 Å². The van der Waals surface area contributed by atoms with Crippen LogP contribution < -0.4 is 5.32 Å². The fraction of sp³-hybridized carbons (Fsp3) is 0.467. The van der Waals surface area contributed by atoms with E-state index in [1.165, 1.54) is 23.1 Å². The van der Waals surface area contributed by atoms with Gasteiger partial charge in [0.15, 0.2) is 5.82 Å². The highest BCUT2D eigenvalue weighted by Crippen LogP contribution is 2.43. The summed E-state index contributed by atoms with van der Waals surface area (Å²) in [6, 6.07) is 2.62. The Bertz CT molecular complexity index is 818. The van der Waals surface area contributed by atoms with Gasteiger partial charge in [0.2, 0.25) is 0 Å². The Morgan fingerprint density at radius 1 is 1.31 bits per heavy atom. The van der Waals surface area contributed by atoms with E-state index in [9.17, 15) is 31.1 Å². The molecule has 0 radical (unpaired) electrons. The summed E-state index contributed by atoms with van der Waals surface area (Å²) in [7, 11) is 0. The van der Waals surface area contributed by atoms with Crippen LogP contribution in [-0.4, -0.2) is 46.3 Å². The second-order valence-electron chi connectivity index (χ2n) is 5.96. The van der Waals surface area contributed by atoms with Crippen molar-refractivity contribution < 1.29 is 31.1 Å². The van der Waals surface area contributed by atoms with Gasteiger partial charge in [-0.15, -0.1) is 0 Å². The number of anilines is 1. The minimum atomic E-state index is -5.78. The number of H-pyrrole nitrogens is 1. The van der Waals surface area contributed by atoms with E-state index in [0.29, 0.717) is 19.4 Å². The van der Waals surface area contributed by atoms with Crippen LogP contribution in [0.4, 0.5) is 36.8 Å². The lowest BCUT2D eigenvalue weighted by atomic mass is 10.2. The van der Waals surface area contributed by atoms with Gasteiger partial charge in [-0.3, -0.25) is 0 Å². The Kier molecular flexibility index (Phi) is 4.49. The topological polar surface area (TPSA) is 61.0 Å². The third-order valence-electron chi connectivity index (χ3n) is 4.20. The summed E-state index contributed by atoms with van der Waals surface area (Å²) in [4.78, 5) is 18.7. The van der Waals surface area contributed by atoms with Crippen LogP contribution in [0.2, 0.25) is 0 Å². The second kappa shape index (κ2) is 6.36. The number of halogens is 6. The minimum Gasteiger partial charge on any atom is -0.337 e. The molecule has 26 heavy (non-hydrogen) atoms. The van der Waals surface area contributed by atoms with E-state index in [1.807, 2.05) is 4.98 Å². The maximum atomic E-state index is 13.4. The number of carbonyl (C=O) groups is 1. The van der Waals surface area contributed by atoms with Gasteiger partial charge in [-0.25, -0.2) is 14.2 Å². The predicted molar refractivity (Wildman–Crippen MR) is 80.8 cm³/mol. The molecule has 1 aromatic carbocycles. The van der Waals surface area contributed by atoms with Gasteiger partial charge in [-0.1, -0.05) is 0 Å². The number of hydrogen-bond acceptors (Lipinski definition) is 2. The number of rotatable bonds is 3. The first-order chi connectivity index (χ1) is 12.1. The summed E-state index contributed by atoms with van der Waals surface area (Å²) in [6.07, 6.45) is -4.58. The number of nitrogens with one attached hydrogen (secondary N) is 2. The van der Waals surface area contributed by atoms with E-state index in [1.54, 1.807) is 0 Å². The molecule has 0 aliphatic carbocycles. The zero-order chi connectivity index (χ0) is 19.1. The molecule has 2 heterocycles. The molecule has 0 bridgehead atoms. The van der Waals surface area contributed by atoms with E-state index in [4.69, 9.17) is 0 Å². The Morgan fingerprint density at radius 2 is 2.04 bits per heavy atom. The van der Waals surface area contributed by atoms with E-state index >= 15 is 0 Å². The average Bonchev–Trinajstić information content (AvgIpc) is 3.19. The Morgan fingerprint density at radius 3 is 2.69 bits per heavy atom. The first-order valence-corrected chi connectivity index (χ1v) is 7.72. The molecule has 3 rings (SSSR count). The maximum absolute atomic E-state index is 13.4. The predicted octanol–water partition coefficient (Wildman–Crippen LogP) is 4.18. The van der Waals surface area contributed by atoms with Gasteiger partial charge < -0.3 is 15.2 Å². The number of benzene rings is 1. The quantitative estimate of drug-likeness (QED) is 0.785. The van der Waals surface area contributed by atoms with Crippen molar-refractivity contribution in [2.24, 2.45) is 0 Å². The van der Waals surface area contributed by atoms with Crippen LogP contribution >= 0.6 is 0 Å². The zero-order valence-corrected chi connectivity index (χ0v) is 13.2. The van der Waals surface area contributed by atoms with Crippen LogP contribution in [-0.2, 0) is 5.92 Å². The minimum absolute atomic E-state index is 0.0924. The molecule has 0 saturated carbocycles. The molecule has 142 valence electrons. The number of imidazole rings is 1. The molecule has 1 unspecified atom stereocenters. The molecular formula is C15H14F6N4O. The summed E-state index contributed by atoms with van der Waals surface area (Å²) in [5.74, 6) is -6.65. The van der Waals surface area contributed by atoms with Crippen LogP contribution in [0.1, 0.15) is 18.7 Å². The molecule has 1 aliphatic rings. The monoisotopic (exact) mass is 380 g/mol. The smallest absolute Gasteiger partial charge is 0.337 e. The third kappa shape index (κ3) is 3.17. The first-order valence-electron chi connectivity index (χ1n) is 7.72. The van der Waals surface area contributed by atoms with Crippen molar-refractivity contribution in [3.05, 3.63) is 24.0 Å². The molecule has 1 aliphatic heterocycles. The van der Waals surface area contributed by atoms with Gasteiger partial charge >= 0.3 is 18.1 Å². The SMILES string of the molecule is O=C(Nc1ccc2nc(C(F)(F)C(F)(F)F)[nH]c2c1)N1CCCC1CF. The molecular weight excluding hydrogens is 366 g/mol. The standard InChI is InChI=1S/C15H14F6N4O/c16-7-9-2-1-5-25(9)13(26)22-8-3-4-10-11(6-8)24-12(23-10)14(17,18)15(19,20)21/h3-4,6,9H,1-2,5,7H2,(H,22,26)(H,23,24). The molecule has 1 fully saturated rings. The van der Waals surface area contributed by atoms with E-state index in [2.05, 4.69) is 10.3 Å². The molecule has 0 spiro atoms. The van der Waals surface area contributed by atoms with Gasteiger partial charge in [0, 0.05) is 12.2 Å². The highest BCUT2D eigenvalue weighted by molar-refractivity contribution is 5.92. The van der Waals surface area contributed by atoms with Crippen molar-refractivity contribution in [1.82, 2.24) is 14.9 Å². The number of likely N-dealkylation sites (tertiary alicyclic amines) is 1. The van der Waals surface area contributed by atoms with Crippen LogP contribution in [0.3, 0.4) is 0 Å². The number of hydrogen-bond donors (Lipinski definition) is 2. The lowest BCUT2D eigenvalue weighted by Gasteiger charge is -2.22. The molecule has 5 nitrogen and oxygen atoms in total. The molecule has 1 aromatic heterocycles. The highest BCUT2D eigenvalue weighted by Gasteiger charge is 2.61. The Hall–Kier alpha value is -2.46. The summed E-state index contributed by atoms with van der Waals surface area (Å²) in [5.41, 5.74) is -0.0348. The molecule has 2 amide bonds. The number of alkyl halides is 6. The number of aromatic nitrogens is 2. The molecule has 11 heteroatoms. The van der Waals surface area contributed by atoms with Crippen molar-refractivity contribution in [1.29, 1.82) is 0 Å². The van der Waals surface area contributed by atoms with Crippen molar-refractivity contribution in [2.75, 3.05) is 18.5 Å². The summed E-state index contributed by atoms with van der Waals surface area (Å²) in [5, 5.41) is 2.48. The lowest BCUT2D eigenvalue weighted by molar-refractivity contribution is -0.292. The zero-order valence-electron chi connectivity index (χ0n) is 13.2. The largest absolute Gasteiger partial charge is 0.461 e. The van der Waals surface area contributed by atoms with Crippen molar-refractivity contribution in [3.8, 4) is 0 Å². The second-order valence-corrected chi connectivity index (χ2v) is 5.96. The summed E-state index contributed by atoms with van der Waals surface area (Å²) < 4.78 is 76.9. The normalized spacial score (nSPS) is 18.5. The molecule has 2 aromatic rings. The highest BCUT2D eigenvalue weighted by atomic mass is 19.4. The molecule has 1 saturated heterocycles. The maximum Gasteiger partial charge on any atom is 0.461 e. The number of urea groups is 1.